The number of thioether (sulfide) groups is 1. The van der Waals surface area contributed by atoms with Crippen molar-refractivity contribution in [3.8, 4) is 17.1 Å². The minimum absolute atomic E-state index is 0. The summed E-state index contributed by atoms with van der Waals surface area (Å²) in [7, 11) is 0. The molecule has 1 aliphatic heterocycles. The predicted octanol–water partition coefficient (Wildman–Crippen LogP) is 4.61. The summed E-state index contributed by atoms with van der Waals surface area (Å²) in [5, 5.41) is 3.43. The minimum atomic E-state index is -0.546. The number of nitrogen functional groups attached to an aromatic ring is 1. The fraction of sp³-hybridized carbons (Fsp3) is 0.276. The molecular weight excluding hydrogens is 532 g/mol. The van der Waals surface area contributed by atoms with Crippen LogP contribution in [0.1, 0.15) is 32.8 Å². The van der Waals surface area contributed by atoms with Crippen molar-refractivity contribution in [1.82, 2.24) is 9.97 Å². The third kappa shape index (κ3) is 9.78. The molecule has 3 aromatic rings. The lowest BCUT2D eigenvalue weighted by molar-refractivity contribution is 0.0758. The lowest BCUT2D eigenvalue weighted by Crippen LogP contribution is -2.32. The van der Waals surface area contributed by atoms with Crippen LogP contribution >= 0.6 is 11.8 Å². The Kier molecular flexibility index (Phi) is 16.1. The van der Waals surface area contributed by atoms with Crippen molar-refractivity contribution in [3.05, 3.63) is 92.7 Å². The van der Waals surface area contributed by atoms with Gasteiger partial charge < -0.3 is 31.6 Å². The molecule has 1 amide bonds. The summed E-state index contributed by atoms with van der Waals surface area (Å²) in [5.74, 6) is 1.54. The highest BCUT2D eigenvalue weighted by Crippen LogP contribution is 2.52. The van der Waals surface area contributed by atoms with Crippen molar-refractivity contribution in [3.63, 3.8) is 0 Å². The molecule has 0 unspecified atom stereocenters. The van der Waals surface area contributed by atoms with Gasteiger partial charge in [-0.2, -0.15) is 0 Å². The molecule has 2 heterocycles. The molecule has 10 nitrogen and oxygen atoms in total. The average Bonchev–Trinajstić information content (AvgIpc) is 3.76. The maximum atomic E-state index is 12.1. The Morgan fingerprint density at radius 1 is 0.975 bits per heavy atom. The summed E-state index contributed by atoms with van der Waals surface area (Å²) >= 11 is 2.02. The van der Waals surface area contributed by atoms with E-state index in [0.717, 1.165) is 37.3 Å². The monoisotopic (exact) mass is 574 g/mol. The molecule has 2 fully saturated rings. The number of para-hydroxylation sites is 1. The lowest BCUT2D eigenvalue weighted by atomic mass is 9.94. The molecule has 0 radical (unpaired) electrons. The number of hydrogen-bond donors (Lipinski definition) is 2. The van der Waals surface area contributed by atoms with Crippen LogP contribution in [-0.4, -0.2) is 51.0 Å². The van der Waals surface area contributed by atoms with Crippen LogP contribution in [0.4, 0.5) is 16.3 Å². The van der Waals surface area contributed by atoms with E-state index < -0.39 is 6.09 Å². The molecule has 0 spiro atoms. The summed E-state index contributed by atoms with van der Waals surface area (Å²) in [6, 6.07) is 18.2. The second-order valence-corrected chi connectivity index (χ2v) is 10.0. The van der Waals surface area contributed by atoms with E-state index in [1.54, 1.807) is 24.3 Å². The Labute approximate surface area is 241 Å². The first-order chi connectivity index (χ1) is 18.1. The molecule has 220 valence electrons. The fourth-order valence-corrected chi connectivity index (χ4v) is 5.55. The number of rotatable bonds is 6. The third-order valence-corrected chi connectivity index (χ3v) is 7.65. The quantitative estimate of drug-likeness (QED) is 0.401. The zero-order valence-electron chi connectivity index (χ0n) is 22.5. The van der Waals surface area contributed by atoms with Crippen LogP contribution in [0, 0.1) is 0 Å². The van der Waals surface area contributed by atoms with Gasteiger partial charge in [-0.25, -0.2) is 14.8 Å². The highest BCUT2D eigenvalue weighted by molar-refractivity contribution is 8.01. The first-order valence-corrected chi connectivity index (χ1v) is 13.0. The summed E-state index contributed by atoms with van der Waals surface area (Å²) < 4.78 is 10.8. The van der Waals surface area contributed by atoms with Crippen molar-refractivity contribution < 1.29 is 32.1 Å². The van der Waals surface area contributed by atoms with Crippen molar-refractivity contribution >= 4 is 29.4 Å². The molecule has 40 heavy (non-hydrogen) atoms. The normalized spacial score (nSPS) is 14.5. The lowest BCUT2D eigenvalue weighted by Gasteiger charge is -2.36. The summed E-state index contributed by atoms with van der Waals surface area (Å²) in [4.78, 5) is 21.6. The van der Waals surface area contributed by atoms with Crippen LogP contribution in [-0.2, 0) is 9.48 Å². The average molecular weight is 575 g/mol. The number of ether oxygens (including phenoxy) is 2. The number of nitrogens with one attached hydrogen (secondary N) is 1. The van der Waals surface area contributed by atoms with Crippen molar-refractivity contribution in [2.24, 2.45) is 0 Å². The molecule has 9 N–H and O–H groups in total. The van der Waals surface area contributed by atoms with Gasteiger partial charge in [-0.1, -0.05) is 18.2 Å². The Balaban J connectivity index is 0. The van der Waals surface area contributed by atoms with Gasteiger partial charge >= 0.3 is 6.09 Å². The van der Waals surface area contributed by atoms with Gasteiger partial charge in [0.2, 0.25) is 0 Å². The molecular formula is C29H42N4O6S. The number of benzene rings is 2. The van der Waals surface area contributed by atoms with E-state index in [-0.39, 0.29) is 22.6 Å². The SMILES string of the molecule is C=C.C=C.Nc1cc(C2(SC3CC3)CCOCC2)nc(-c2ccc(NC(=O)Oc3ccccc3)cc2)n1.O.O.O.[HH]. The van der Waals surface area contributed by atoms with Gasteiger partial charge in [-0.05, 0) is 62.1 Å². The number of nitrogens with zero attached hydrogens (tertiary/aromatic N) is 2. The van der Waals surface area contributed by atoms with Crippen molar-refractivity contribution in [1.29, 1.82) is 0 Å². The number of hydrogen-bond acceptors (Lipinski definition) is 7. The van der Waals surface area contributed by atoms with Gasteiger partial charge in [0.05, 0.1) is 10.4 Å². The first kappa shape index (κ1) is 36.3. The predicted molar refractivity (Wildman–Crippen MR) is 166 cm³/mol. The molecule has 0 bridgehead atoms. The largest absolute Gasteiger partial charge is 0.417 e. The van der Waals surface area contributed by atoms with Crippen molar-refractivity contribution in [2.45, 2.75) is 35.7 Å². The number of anilines is 2. The molecule has 2 aliphatic rings. The molecule has 1 aliphatic carbocycles. The highest BCUT2D eigenvalue weighted by Gasteiger charge is 2.42. The fourth-order valence-electron chi connectivity index (χ4n) is 3.91. The smallest absolute Gasteiger partial charge is 0.412 e. The Hall–Kier alpha value is -3.74. The molecule has 1 aromatic heterocycles. The topological polar surface area (TPSA) is 194 Å². The molecule has 2 aromatic carbocycles. The van der Waals surface area contributed by atoms with Gasteiger partial charge in [-0.15, -0.1) is 38.1 Å². The van der Waals surface area contributed by atoms with E-state index >= 15 is 0 Å². The van der Waals surface area contributed by atoms with Crippen LogP contribution in [0.3, 0.4) is 0 Å². The van der Waals surface area contributed by atoms with E-state index in [1.165, 1.54) is 12.8 Å². The van der Waals surface area contributed by atoms with Gasteiger partial charge in [-0.3, -0.25) is 5.32 Å². The van der Waals surface area contributed by atoms with E-state index in [2.05, 4.69) is 36.6 Å². The van der Waals surface area contributed by atoms with Gasteiger partial charge in [0.1, 0.15) is 11.6 Å². The zero-order chi connectivity index (χ0) is 26.7. The zero-order valence-corrected chi connectivity index (χ0v) is 23.3. The van der Waals surface area contributed by atoms with Crippen molar-refractivity contribution in [2.75, 3.05) is 24.3 Å². The highest BCUT2D eigenvalue weighted by atomic mass is 32.2. The number of carbonyl (C=O) groups excluding carboxylic acids is 1. The summed E-state index contributed by atoms with van der Waals surface area (Å²) in [6.45, 7) is 13.5. The second kappa shape index (κ2) is 17.8. The number of carbonyl (C=O) groups is 1. The van der Waals surface area contributed by atoms with Crippen LogP contribution in [0.15, 0.2) is 87.0 Å². The first-order valence-electron chi connectivity index (χ1n) is 12.1. The van der Waals surface area contributed by atoms with Gasteiger partial charge in [0.15, 0.2) is 5.82 Å². The Morgan fingerprint density at radius 2 is 1.57 bits per heavy atom. The Morgan fingerprint density at radius 3 is 2.15 bits per heavy atom. The van der Waals surface area contributed by atoms with Crippen LogP contribution in [0.2, 0.25) is 0 Å². The minimum Gasteiger partial charge on any atom is -0.412 e. The maximum Gasteiger partial charge on any atom is 0.417 e. The van der Waals surface area contributed by atoms with E-state index in [9.17, 15) is 4.79 Å². The molecule has 1 saturated heterocycles. The molecule has 5 rings (SSSR count). The molecule has 11 heteroatoms. The molecule has 0 atom stereocenters. The van der Waals surface area contributed by atoms with Crippen LogP contribution < -0.4 is 15.8 Å². The second-order valence-electron chi connectivity index (χ2n) is 8.33. The summed E-state index contributed by atoms with van der Waals surface area (Å²) in [5.41, 5.74) is 8.65. The van der Waals surface area contributed by atoms with Crippen LogP contribution in [0.25, 0.3) is 11.4 Å². The number of nitrogens with two attached hydrogens (primary N) is 1. The van der Waals surface area contributed by atoms with E-state index in [0.29, 0.717) is 28.3 Å². The molecule has 1 saturated carbocycles. The number of aromatic nitrogens is 2. The standard InChI is InChI=1S/C25H26N4O3S.2C2H4.3H2O.H2/c26-22-16-21(25(33-20-10-11-20)12-14-31-15-13-25)28-23(29-22)17-6-8-18(9-7-17)27-24(30)32-19-4-2-1-3-5-19;2*1-2;;;;/h1-9,16,20H,10-15H2,(H,27,30)(H2,26,28,29);2*1-2H2;3*1H2;1H. The third-order valence-electron chi connectivity index (χ3n) is 5.77. The number of amides is 1. The van der Waals surface area contributed by atoms with Gasteiger partial charge in [0, 0.05) is 37.2 Å². The summed E-state index contributed by atoms with van der Waals surface area (Å²) in [6.07, 6.45) is 3.84. The van der Waals surface area contributed by atoms with Gasteiger partial charge in [0.25, 0.3) is 0 Å². The van der Waals surface area contributed by atoms with E-state index in [1.807, 2.05) is 48.2 Å². The van der Waals surface area contributed by atoms with E-state index in [4.69, 9.17) is 20.2 Å². The Bertz CT molecular complexity index is 1160. The van der Waals surface area contributed by atoms with Crippen LogP contribution in [0.5, 0.6) is 5.75 Å². The maximum absolute atomic E-state index is 12.1.